The van der Waals surface area contributed by atoms with Gasteiger partial charge in [-0.3, -0.25) is 4.79 Å². The van der Waals surface area contributed by atoms with Gasteiger partial charge in [-0.25, -0.2) is 4.79 Å². The van der Waals surface area contributed by atoms with E-state index in [9.17, 15) is 14.7 Å². The van der Waals surface area contributed by atoms with E-state index in [0.29, 0.717) is 6.54 Å². The van der Waals surface area contributed by atoms with Crippen LogP contribution in [-0.2, 0) is 4.79 Å². The Morgan fingerprint density at radius 3 is 2.40 bits per heavy atom. The molecule has 0 heterocycles. The molecule has 3 N–H and O–H groups in total. The molecule has 0 aromatic rings. The van der Waals surface area contributed by atoms with Crippen molar-refractivity contribution in [2.24, 2.45) is 5.41 Å². The van der Waals surface area contributed by atoms with E-state index in [0.717, 1.165) is 32.1 Å². The molecular formula is C14H26N2O4. The first kappa shape index (κ1) is 16.8. The molecule has 2 amide bonds. The normalized spacial score (nSPS) is 19.1. The van der Waals surface area contributed by atoms with Gasteiger partial charge in [-0.2, -0.15) is 0 Å². The minimum absolute atomic E-state index is 0.105. The van der Waals surface area contributed by atoms with Crippen molar-refractivity contribution < 1.29 is 19.8 Å². The zero-order valence-corrected chi connectivity index (χ0v) is 12.4. The first-order chi connectivity index (χ1) is 9.34. The highest BCUT2D eigenvalue weighted by Gasteiger charge is 2.34. The van der Waals surface area contributed by atoms with Gasteiger partial charge in [0.2, 0.25) is 0 Å². The second-order valence-electron chi connectivity index (χ2n) is 6.02. The van der Waals surface area contributed by atoms with Crippen LogP contribution in [0.4, 0.5) is 4.79 Å². The maximum Gasteiger partial charge on any atom is 0.317 e. The van der Waals surface area contributed by atoms with Crippen molar-refractivity contribution in [1.29, 1.82) is 0 Å². The van der Waals surface area contributed by atoms with Crippen LogP contribution in [0.3, 0.4) is 0 Å². The van der Waals surface area contributed by atoms with Gasteiger partial charge >= 0.3 is 12.0 Å². The second kappa shape index (κ2) is 7.47. The number of amides is 2. The Hall–Kier alpha value is -1.30. The van der Waals surface area contributed by atoms with Crippen molar-refractivity contribution in [3.63, 3.8) is 0 Å². The zero-order valence-electron chi connectivity index (χ0n) is 12.4. The highest BCUT2D eigenvalue weighted by Crippen LogP contribution is 2.38. The summed E-state index contributed by atoms with van der Waals surface area (Å²) >= 11 is 0. The first-order valence-electron chi connectivity index (χ1n) is 7.23. The molecular weight excluding hydrogens is 260 g/mol. The Balaban J connectivity index is 2.53. The van der Waals surface area contributed by atoms with E-state index in [-0.39, 0.29) is 24.4 Å². The number of carboxylic acid groups (broad SMARTS) is 1. The third kappa shape index (κ3) is 5.36. The summed E-state index contributed by atoms with van der Waals surface area (Å²) in [5.74, 6) is -0.807. The fourth-order valence-electron chi connectivity index (χ4n) is 2.92. The molecule has 0 spiro atoms. The van der Waals surface area contributed by atoms with Gasteiger partial charge in [0.15, 0.2) is 0 Å². The van der Waals surface area contributed by atoms with Gasteiger partial charge in [0.25, 0.3) is 0 Å². The maximum atomic E-state index is 11.9. The summed E-state index contributed by atoms with van der Waals surface area (Å²) in [5.41, 5.74) is -0.314. The van der Waals surface area contributed by atoms with Crippen LogP contribution in [0.5, 0.6) is 0 Å². The molecule has 20 heavy (non-hydrogen) atoms. The van der Waals surface area contributed by atoms with Crippen LogP contribution in [0.25, 0.3) is 0 Å². The molecule has 6 heteroatoms. The third-order valence-corrected chi connectivity index (χ3v) is 3.94. The van der Waals surface area contributed by atoms with Gasteiger partial charge < -0.3 is 20.4 Å². The van der Waals surface area contributed by atoms with Crippen molar-refractivity contribution in [2.45, 2.75) is 51.6 Å². The van der Waals surface area contributed by atoms with Crippen molar-refractivity contribution in [2.75, 3.05) is 20.1 Å². The average molecular weight is 286 g/mol. The van der Waals surface area contributed by atoms with Crippen molar-refractivity contribution in [3.8, 4) is 0 Å². The van der Waals surface area contributed by atoms with Crippen LogP contribution >= 0.6 is 0 Å². The van der Waals surface area contributed by atoms with Gasteiger partial charge in [0.1, 0.15) is 0 Å². The van der Waals surface area contributed by atoms with Crippen LogP contribution in [-0.4, -0.2) is 53.4 Å². The summed E-state index contributed by atoms with van der Waals surface area (Å²) in [6, 6.07) is -0.263. The van der Waals surface area contributed by atoms with E-state index in [1.54, 1.807) is 14.0 Å². The molecule has 1 unspecified atom stereocenters. The topological polar surface area (TPSA) is 89.9 Å². The van der Waals surface area contributed by atoms with Crippen LogP contribution < -0.4 is 5.32 Å². The van der Waals surface area contributed by atoms with E-state index in [1.807, 2.05) is 0 Å². The number of urea groups is 1. The second-order valence-corrected chi connectivity index (χ2v) is 6.02. The highest BCUT2D eigenvalue weighted by atomic mass is 16.4. The molecule has 1 saturated carbocycles. The molecule has 0 aliphatic heterocycles. The zero-order chi connectivity index (χ0) is 15.2. The number of aliphatic hydroxyl groups is 1. The molecule has 0 aromatic heterocycles. The van der Waals surface area contributed by atoms with Gasteiger partial charge in [-0.15, -0.1) is 0 Å². The summed E-state index contributed by atoms with van der Waals surface area (Å²) in [4.78, 5) is 24.4. The predicted molar refractivity (Wildman–Crippen MR) is 75.5 cm³/mol. The molecule has 6 nitrogen and oxygen atoms in total. The highest BCUT2D eigenvalue weighted by molar-refractivity contribution is 5.74. The monoisotopic (exact) mass is 286 g/mol. The standard InChI is InChI=1S/C14H26N2O4/c1-11(17)9-16(2)13(20)15-10-14(8-12(18)19)6-4-3-5-7-14/h11,17H,3-10H2,1-2H3,(H,15,20)(H,18,19). The summed E-state index contributed by atoms with van der Waals surface area (Å²) < 4.78 is 0. The van der Waals surface area contributed by atoms with Gasteiger partial charge in [0, 0.05) is 20.1 Å². The Bertz CT molecular complexity index is 338. The molecule has 1 atom stereocenters. The fraction of sp³-hybridized carbons (Fsp3) is 0.857. The summed E-state index contributed by atoms with van der Waals surface area (Å²) in [5, 5.41) is 21.1. The summed E-state index contributed by atoms with van der Waals surface area (Å²) in [6.07, 6.45) is 4.40. The molecule has 1 aliphatic carbocycles. The molecule has 1 fully saturated rings. The lowest BCUT2D eigenvalue weighted by molar-refractivity contribution is -0.140. The molecule has 1 aliphatic rings. The number of aliphatic carboxylic acids is 1. The summed E-state index contributed by atoms with van der Waals surface area (Å²) in [6.45, 7) is 2.27. The third-order valence-electron chi connectivity index (χ3n) is 3.94. The van der Waals surface area contributed by atoms with Crippen LogP contribution in [0.15, 0.2) is 0 Å². The Labute approximate surface area is 120 Å². The molecule has 0 radical (unpaired) electrons. The van der Waals surface area contributed by atoms with Crippen LogP contribution in [0.2, 0.25) is 0 Å². The lowest BCUT2D eigenvalue weighted by atomic mass is 9.72. The lowest BCUT2D eigenvalue weighted by Gasteiger charge is -2.36. The maximum absolute atomic E-state index is 11.9. The van der Waals surface area contributed by atoms with Crippen molar-refractivity contribution in [3.05, 3.63) is 0 Å². The number of carbonyl (C=O) groups is 2. The molecule has 0 saturated heterocycles. The van der Waals surface area contributed by atoms with Crippen LogP contribution in [0.1, 0.15) is 45.4 Å². The number of likely N-dealkylation sites (N-methyl/N-ethyl adjacent to an activating group) is 1. The van der Waals surface area contributed by atoms with E-state index in [2.05, 4.69) is 5.32 Å². The van der Waals surface area contributed by atoms with Crippen molar-refractivity contribution >= 4 is 12.0 Å². The van der Waals surface area contributed by atoms with Crippen LogP contribution in [0, 0.1) is 5.41 Å². The number of aliphatic hydroxyl groups excluding tert-OH is 1. The predicted octanol–water partition coefficient (Wildman–Crippen LogP) is 1.43. The lowest BCUT2D eigenvalue weighted by Crippen LogP contribution is -2.46. The number of nitrogens with zero attached hydrogens (tertiary/aromatic N) is 1. The van der Waals surface area contributed by atoms with E-state index in [1.165, 1.54) is 4.90 Å². The molecule has 0 aromatic carbocycles. The van der Waals surface area contributed by atoms with Gasteiger partial charge in [-0.05, 0) is 25.2 Å². The SMILES string of the molecule is CC(O)CN(C)C(=O)NCC1(CC(=O)O)CCCCC1. The van der Waals surface area contributed by atoms with E-state index >= 15 is 0 Å². The number of nitrogens with one attached hydrogen (secondary N) is 1. The van der Waals surface area contributed by atoms with E-state index < -0.39 is 12.1 Å². The molecule has 0 bridgehead atoms. The number of carbonyl (C=O) groups excluding carboxylic acids is 1. The number of hydrogen-bond donors (Lipinski definition) is 3. The number of carboxylic acids is 1. The fourth-order valence-corrected chi connectivity index (χ4v) is 2.92. The van der Waals surface area contributed by atoms with Gasteiger partial charge in [-0.1, -0.05) is 19.3 Å². The largest absolute Gasteiger partial charge is 0.481 e. The minimum atomic E-state index is -0.807. The number of hydrogen-bond acceptors (Lipinski definition) is 3. The average Bonchev–Trinajstić information content (AvgIpc) is 2.35. The smallest absolute Gasteiger partial charge is 0.317 e. The van der Waals surface area contributed by atoms with E-state index in [4.69, 9.17) is 5.11 Å². The van der Waals surface area contributed by atoms with Gasteiger partial charge in [0.05, 0.1) is 12.5 Å². The Kier molecular flexibility index (Phi) is 6.26. The number of rotatable bonds is 6. The molecule has 1 rings (SSSR count). The quantitative estimate of drug-likeness (QED) is 0.689. The first-order valence-corrected chi connectivity index (χ1v) is 7.23. The Morgan fingerprint density at radius 2 is 1.90 bits per heavy atom. The molecule has 116 valence electrons. The minimum Gasteiger partial charge on any atom is -0.481 e. The Morgan fingerprint density at radius 1 is 1.30 bits per heavy atom. The van der Waals surface area contributed by atoms with Crippen molar-refractivity contribution in [1.82, 2.24) is 10.2 Å². The summed E-state index contributed by atoms with van der Waals surface area (Å²) in [7, 11) is 1.62.